The van der Waals surface area contributed by atoms with Crippen molar-refractivity contribution in [2.45, 2.75) is 12.6 Å². The molecule has 1 saturated heterocycles. The Morgan fingerprint density at radius 2 is 2.18 bits per heavy atom. The molecule has 2 rings (SSSR count). The predicted molar refractivity (Wildman–Crippen MR) is 62.3 cm³/mol. The van der Waals surface area contributed by atoms with E-state index in [0.29, 0.717) is 13.2 Å². The smallest absolute Gasteiger partial charge is 0.247 e. The zero-order chi connectivity index (χ0) is 12.3. The maximum atomic E-state index is 11.0. The summed E-state index contributed by atoms with van der Waals surface area (Å²) in [5.41, 5.74) is 6.31. The number of benzene rings is 1. The number of primary amides is 1. The second-order valence-corrected chi connectivity index (χ2v) is 4.16. The molecule has 5 heteroatoms. The Labute approximate surface area is 99.8 Å². The van der Waals surface area contributed by atoms with Crippen molar-refractivity contribution in [3.63, 3.8) is 0 Å². The zero-order valence-electron chi connectivity index (χ0n) is 9.50. The molecular weight excluding hydrogens is 220 g/mol. The summed E-state index contributed by atoms with van der Waals surface area (Å²) in [7, 11) is 0. The van der Waals surface area contributed by atoms with Gasteiger partial charge in [-0.3, -0.25) is 9.69 Å². The first-order chi connectivity index (χ1) is 8.15. The lowest BCUT2D eigenvalue weighted by molar-refractivity contribution is -0.135. The van der Waals surface area contributed by atoms with Crippen molar-refractivity contribution in [3.05, 3.63) is 29.8 Å². The summed E-state index contributed by atoms with van der Waals surface area (Å²) in [6, 6.07) is 7.04. The predicted octanol–water partition coefficient (Wildman–Crippen LogP) is 0.0783. The van der Waals surface area contributed by atoms with Crippen molar-refractivity contribution in [1.29, 1.82) is 0 Å². The van der Waals surface area contributed by atoms with E-state index in [1.807, 2.05) is 12.1 Å². The largest absolute Gasteiger partial charge is 0.508 e. The lowest BCUT2D eigenvalue weighted by Gasteiger charge is -2.31. The maximum absolute atomic E-state index is 11.0. The van der Waals surface area contributed by atoms with Crippen LogP contribution in [0.3, 0.4) is 0 Å². The van der Waals surface area contributed by atoms with Gasteiger partial charge < -0.3 is 15.6 Å². The van der Waals surface area contributed by atoms with Gasteiger partial charge in [0.05, 0.1) is 6.61 Å². The van der Waals surface area contributed by atoms with Crippen molar-refractivity contribution < 1.29 is 14.6 Å². The van der Waals surface area contributed by atoms with Gasteiger partial charge in [-0.2, -0.15) is 0 Å². The van der Waals surface area contributed by atoms with Crippen LogP contribution in [0.4, 0.5) is 0 Å². The topological polar surface area (TPSA) is 75.8 Å². The number of ether oxygens (including phenoxy) is 1. The minimum Gasteiger partial charge on any atom is -0.508 e. The van der Waals surface area contributed by atoms with Crippen LogP contribution >= 0.6 is 0 Å². The van der Waals surface area contributed by atoms with Gasteiger partial charge in [-0.15, -0.1) is 0 Å². The van der Waals surface area contributed by atoms with Crippen molar-refractivity contribution in [3.8, 4) is 5.75 Å². The standard InChI is InChI=1S/C12H16N2O3/c13-12(16)11-8-14(5-6-17-11)7-9-1-3-10(15)4-2-9/h1-4,11,15H,5-8H2,(H2,13,16)/t11-/m1/s1. The van der Waals surface area contributed by atoms with Gasteiger partial charge in [0.1, 0.15) is 11.9 Å². The minimum atomic E-state index is -0.513. The average Bonchev–Trinajstić information content (AvgIpc) is 2.32. The van der Waals surface area contributed by atoms with Crippen LogP contribution < -0.4 is 5.73 Å². The van der Waals surface area contributed by atoms with Gasteiger partial charge in [0, 0.05) is 19.6 Å². The highest BCUT2D eigenvalue weighted by atomic mass is 16.5. The normalized spacial score (nSPS) is 21.3. The minimum absolute atomic E-state index is 0.255. The first-order valence-corrected chi connectivity index (χ1v) is 5.56. The number of carbonyl (C=O) groups excluding carboxylic acids is 1. The lowest BCUT2D eigenvalue weighted by Crippen LogP contribution is -2.47. The van der Waals surface area contributed by atoms with Crippen molar-refractivity contribution in [2.75, 3.05) is 19.7 Å². The maximum Gasteiger partial charge on any atom is 0.247 e. The molecule has 0 unspecified atom stereocenters. The molecule has 3 N–H and O–H groups in total. The third-order valence-electron chi connectivity index (χ3n) is 2.81. The van der Waals surface area contributed by atoms with Crippen molar-refractivity contribution in [2.24, 2.45) is 5.73 Å². The van der Waals surface area contributed by atoms with Crippen LogP contribution in [0.2, 0.25) is 0 Å². The van der Waals surface area contributed by atoms with Gasteiger partial charge in [-0.1, -0.05) is 12.1 Å². The number of rotatable bonds is 3. The van der Waals surface area contributed by atoms with E-state index >= 15 is 0 Å². The molecule has 1 fully saturated rings. The molecule has 0 saturated carbocycles. The summed E-state index contributed by atoms with van der Waals surface area (Å²) < 4.78 is 5.27. The third-order valence-corrected chi connectivity index (χ3v) is 2.81. The Morgan fingerprint density at radius 1 is 1.47 bits per heavy atom. The Bertz CT molecular complexity index is 391. The summed E-state index contributed by atoms with van der Waals surface area (Å²) in [6.07, 6.45) is -0.513. The number of amides is 1. The summed E-state index contributed by atoms with van der Waals surface area (Å²) in [6.45, 7) is 2.56. The first kappa shape index (κ1) is 11.9. The van der Waals surface area contributed by atoms with Crippen LogP contribution in [0, 0.1) is 0 Å². The van der Waals surface area contributed by atoms with Gasteiger partial charge in [0.15, 0.2) is 0 Å². The van der Waals surface area contributed by atoms with Crippen LogP contribution in [0.5, 0.6) is 5.75 Å². The van der Waals surface area contributed by atoms with E-state index in [9.17, 15) is 9.90 Å². The van der Waals surface area contributed by atoms with E-state index in [0.717, 1.165) is 18.7 Å². The number of carbonyl (C=O) groups is 1. The van der Waals surface area contributed by atoms with E-state index < -0.39 is 12.0 Å². The number of nitrogens with two attached hydrogens (primary N) is 1. The van der Waals surface area contributed by atoms with Crippen LogP contribution in [0.15, 0.2) is 24.3 Å². The van der Waals surface area contributed by atoms with Crippen LogP contribution in [0.1, 0.15) is 5.56 Å². The van der Waals surface area contributed by atoms with Crippen molar-refractivity contribution >= 4 is 5.91 Å². The molecule has 17 heavy (non-hydrogen) atoms. The molecule has 1 aromatic rings. The fourth-order valence-electron chi connectivity index (χ4n) is 1.88. The monoisotopic (exact) mass is 236 g/mol. The van der Waals surface area contributed by atoms with Crippen LogP contribution in [0.25, 0.3) is 0 Å². The van der Waals surface area contributed by atoms with Crippen LogP contribution in [-0.4, -0.2) is 41.7 Å². The SMILES string of the molecule is NC(=O)[C@H]1CN(Cc2ccc(O)cc2)CCO1. The molecule has 0 radical (unpaired) electrons. The van der Waals surface area contributed by atoms with E-state index in [1.54, 1.807) is 12.1 Å². The molecule has 0 bridgehead atoms. The molecule has 5 nitrogen and oxygen atoms in total. The van der Waals surface area contributed by atoms with E-state index in [-0.39, 0.29) is 5.75 Å². The molecule has 1 aliphatic rings. The number of nitrogens with zero attached hydrogens (tertiary/aromatic N) is 1. The second kappa shape index (κ2) is 5.16. The number of hydrogen-bond donors (Lipinski definition) is 2. The Hall–Kier alpha value is -1.59. The Morgan fingerprint density at radius 3 is 2.82 bits per heavy atom. The number of phenolic OH excluding ortho intramolecular Hbond substituents is 1. The molecule has 1 atom stereocenters. The quantitative estimate of drug-likeness (QED) is 0.779. The number of hydrogen-bond acceptors (Lipinski definition) is 4. The molecular formula is C12H16N2O3. The van der Waals surface area contributed by atoms with E-state index in [2.05, 4.69) is 4.90 Å². The highest BCUT2D eigenvalue weighted by Crippen LogP contribution is 2.13. The van der Waals surface area contributed by atoms with Gasteiger partial charge >= 0.3 is 0 Å². The molecule has 0 aliphatic carbocycles. The number of morpholine rings is 1. The molecule has 1 aromatic carbocycles. The highest BCUT2D eigenvalue weighted by Gasteiger charge is 2.24. The van der Waals surface area contributed by atoms with Gasteiger partial charge in [-0.25, -0.2) is 0 Å². The van der Waals surface area contributed by atoms with Gasteiger partial charge in [0.2, 0.25) is 5.91 Å². The fraction of sp³-hybridized carbons (Fsp3) is 0.417. The van der Waals surface area contributed by atoms with Gasteiger partial charge in [0.25, 0.3) is 0 Å². The molecule has 1 heterocycles. The fourth-order valence-corrected chi connectivity index (χ4v) is 1.88. The summed E-state index contributed by atoms with van der Waals surface area (Å²) in [5, 5.41) is 9.18. The summed E-state index contributed by atoms with van der Waals surface area (Å²) >= 11 is 0. The molecule has 92 valence electrons. The van der Waals surface area contributed by atoms with Crippen LogP contribution in [-0.2, 0) is 16.1 Å². The zero-order valence-corrected chi connectivity index (χ0v) is 9.50. The van der Waals surface area contributed by atoms with Gasteiger partial charge in [-0.05, 0) is 17.7 Å². The molecule has 0 aromatic heterocycles. The number of aromatic hydroxyl groups is 1. The summed E-state index contributed by atoms with van der Waals surface area (Å²) in [5.74, 6) is -0.161. The molecule has 1 aliphatic heterocycles. The Kier molecular flexibility index (Phi) is 3.61. The third kappa shape index (κ3) is 3.18. The average molecular weight is 236 g/mol. The molecule has 1 amide bonds. The first-order valence-electron chi connectivity index (χ1n) is 5.56. The Balaban J connectivity index is 1.94. The molecule has 0 spiro atoms. The van der Waals surface area contributed by atoms with E-state index in [1.165, 1.54) is 0 Å². The lowest BCUT2D eigenvalue weighted by atomic mass is 10.2. The van der Waals surface area contributed by atoms with E-state index in [4.69, 9.17) is 10.5 Å². The summed E-state index contributed by atoms with van der Waals surface area (Å²) in [4.78, 5) is 13.2. The highest BCUT2D eigenvalue weighted by molar-refractivity contribution is 5.79. The number of phenols is 1. The van der Waals surface area contributed by atoms with Crippen molar-refractivity contribution in [1.82, 2.24) is 4.90 Å². The second-order valence-electron chi connectivity index (χ2n) is 4.16.